The summed E-state index contributed by atoms with van der Waals surface area (Å²) in [7, 11) is 0. The molecule has 0 saturated heterocycles. The lowest BCUT2D eigenvalue weighted by Crippen LogP contribution is -2.36. The topological polar surface area (TPSA) is 76.2 Å². The molecule has 1 amide bonds. The van der Waals surface area contributed by atoms with Crippen molar-refractivity contribution in [2.24, 2.45) is 0 Å². The Bertz CT molecular complexity index is 400. The molecule has 1 aromatic heterocycles. The van der Waals surface area contributed by atoms with E-state index in [4.69, 9.17) is 5.73 Å². The molecular weight excluding hydrogens is 254 g/mol. The summed E-state index contributed by atoms with van der Waals surface area (Å²) in [5.74, 6) is 0.411. The van der Waals surface area contributed by atoms with Gasteiger partial charge >= 0.3 is 0 Å². The monoisotopic (exact) mass is 281 g/mol. The molecule has 0 aromatic carbocycles. The molecule has 1 heterocycles. The van der Waals surface area contributed by atoms with Gasteiger partial charge < -0.3 is 16.0 Å². The highest BCUT2D eigenvalue weighted by molar-refractivity contribution is 5.75. The third kappa shape index (κ3) is 6.06. The van der Waals surface area contributed by atoms with Crippen LogP contribution in [0.4, 0.5) is 5.82 Å². The molecule has 0 fully saturated rings. The fourth-order valence-electron chi connectivity index (χ4n) is 2.17. The van der Waals surface area contributed by atoms with Gasteiger partial charge in [-0.2, -0.15) is 5.10 Å². The normalized spacial score (nSPS) is 12.6. The van der Waals surface area contributed by atoms with Gasteiger partial charge in [-0.3, -0.25) is 9.48 Å². The van der Waals surface area contributed by atoms with Gasteiger partial charge in [-0.15, -0.1) is 0 Å². The van der Waals surface area contributed by atoms with Crippen LogP contribution in [-0.4, -0.2) is 46.3 Å². The molecule has 20 heavy (non-hydrogen) atoms. The molecule has 0 saturated carbocycles. The predicted octanol–water partition coefficient (Wildman–Crippen LogP) is 1.09. The molecule has 0 aliphatic carbocycles. The summed E-state index contributed by atoms with van der Waals surface area (Å²) < 4.78 is 1.55. The minimum Gasteiger partial charge on any atom is -0.382 e. The van der Waals surface area contributed by atoms with Gasteiger partial charge in [-0.1, -0.05) is 13.8 Å². The molecule has 0 aliphatic heterocycles. The number of hydrogen-bond acceptors (Lipinski definition) is 4. The quantitative estimate of drug-likeness (QED) is 0.710. The van der Waals surface area contributed by atoms with E-state index in [1.807, 2.05) is 6.92 Å². The van der Waals surface area contributed by atoms with Crippen molar-refractivity contribution in [2.75, 3.05) is 25.4 Å². The number of nitrogen functional groups attached to an aromatic ring is 1. The number of nitrogens with zero attached hydrogens (tertiary/aromatic N) is 3. The number of aromatic nitrogens is 2. The standard InChI is InChI=1S/C14H27N5O/c1-4-18(5-2)9-6-7-12(3)16-14(20)11-19-10-8-13(15)17-19/h8,10,12H,4-7,9,11H2,1-3H3,(H2,15,17)(H,16,20). The zero-order valence-electron chi connectivity index (χ0n) is 12.8. The maximum atomic E-state index is 11.8. The van der Waals surface area contributed by atoms with E-state index in [0.717, 1.165) is 32.5 Å². The highest BCUT2D eigenvalue weighted by atomic mass is 16.2. The van der Waals surface area contributed by atoms with Crippen LogP contribution < -0.4 is 11.1 Å². The van der Waals surface area contributed by atoms with E-state index < -0.39 is 0 Å². The zero-order valence-corrected chi connectivity index (χ0v) is 12.8. The zero-order chi connectivity index (χ0) is 15.0. The molecule has 0 radical (unpaired) electrons. The summed E-state index contributed by atoms with van der Waals surface area (Å²) in [6, 6.07) is 1.87. The number of hydrogen-bond donors (Lipinski definition) is 2. The van der Waals surface area contributed by atoms with E-state index in [0.29, 0.717) is 5.82 Å². The van der Waals surface area contributed by atoms with Crippen LogP contribution >= 0.6 is 0 Å². The Kier molecular flexibility index (Phi) is 7.08. The lowest BCUT2D eigenvalue weighted by molar-refractivity contribution is -0.122. The molecule has 1 rings (SSSR count). The number of nitrogens with one attached hydrogen (secondary N) is 1. The first-order chi connectivity index (χ1) is 9.55. The number of rotatable bonds is 9. The lowest BCUT2D eigenvalue weighted by atomic mass is 10.1. The molecule has 1 unspecified atom stereocenters. The van der Waals surface area contributed by atoms with Crippen molar-refractivity contribution in [3.8, 4) is 0 Å². The highest BCUT2D eigenvalue weighted by Crippen LogP contribution is 2.00. The molecule has 0 aliphatic rings. The summed E-state index contributed by atoms with van der Waals surface area (Å²) in [6.07, 6.45) is 3.79. The largest absolute Gasteiger partial charge is 0.382 e. The first kappa shape index (κ1) is 16.5. The second-order valence-corrected chi connectivity index (χ2v) is 5.08. The molecule has 0 bridgehead atoms. The maximum absolute atomic E-state index is 11.8. The van der Waals surface area contributed by atoms with Crippen LogP contribution in [0, 0.1) is 0 Å². The third-order valence-electron chi connectivity index (χ3n) is 3.38. The second kappa shape index (κ2) is 8.58. The van der Waals surface area contributed by atoms with Crippen LogP contribution in [-0.2, 0) is 11.3 Å². The highest BCUT2D eigenvalue weighted by Gasteiger charge is 2.09. The minimum absolute atomic E-state index is 0.0246. The fraction of sp³-hybridized carbons (Fsp3) is 0.714. The van der Waals surface area contributed by atoms with Gasteiger partial charge in [-0.05, 0) is 45.5 Å². The summed E-state index contributed by atoms with van der Waals surface area (Å²) in [5.41, 5.74) is 5.51. The average Bonchev–Trinajstić information content (AvgIpc) is 2.79. The third-order valence-corrected chi connectivity index (χ3v) is 3.38. The Morgan fingerprint density at radius 3 is 2.75 bits per heavy atom. The van der Waals surface area contributed by atoms with E-state index in [-0.39, 0.29) is 18.5 Å². The Labute approximate surface area is 121 Å². The molecule has 6 nitrogen and oxygen atoms in total. The smallest absolute Gasteiger partial charge is 0.241 e. The number of nitrogens with two attached hydrogens (primary N) is 1. The molecule has 6 heteroatoms. The van der Waals surface area contributed by atoms with E-state index in [1.165, 1.54) is 0 Å². The van der Waals surface area contributed by atoms with Crippen molar-refractivity contribution in [2.45, 2.75) is 46.2 Å². The van der Waals surface area contributed by atoms with E-state index >= 15 is 0 Å². The van der Waals surface area contributed by atoms with Crippen molar-refractivity contribution in [3.05, 3.63) is 12.3 Å². The van der Waals surface area contributed by atoms with Gasteiger partial charge in [0.1, 0.15) is 12.4 Å². The number of carbonyl (C=O) groups is 1. The predicted molar refractivity (Wildman–Crippen MR) is 81.3 cm³/mol. The average molecular weight is 281 g/mol. The minimum atomic E-state index is -0.0246. The van der Waals surface area contributed by atoms with Crippen LogP contribution in [0.2, 0.25) is 0 Å². The summed E-state index contributed by atoms with van der Waals surface area (Å²) >= 11 is 0. The summed E-state index contributed by atoms with van der Waals surface area (Å²) in [5, 5.41) is 6.98. The Morgan fingerprint density at radius 1 is 1.50 bits per heavy atom. The van der Waals surface area contributed by atoms with Gasteiger partial charge in [0.15, 0.2) is 0 Å². The number of anilines is 1. The van der Waals surface area contributed by atoms with Crippen LogP contribution in [0.15, 0.2) is 12.3 Å². The van der Waals surface area contributed by atoms with Crippen LogP contribution in [0.25, 0.3) is 0 Å². The SMILES string of the molecule is CCN(CC)CCCC(C)NC(=O)Cn1ccc(N)n1. The van der Waals surface area contributed by atoms with Crippen LogP contribution in [0.3, 0.4) is 0 Å². The first-order valence-corrected chi connectivity index (χ1v) is 7.35. The van der Waals surface area contributed by atoms with Crippen molar-refractivity contribution in [1.82, 2.24) is 20.0 Å². The molecule has 0 spiro atoms. The molecule has 1 atom stereocenters. The lowest BCUT2D eigenvalue weighted by Gasteiger charge is -2.19. The van der Waals surface area contributed by atoms with Crippen molar-refractivity contribution in [3.63, 3.8) is 0 Å². The summed E-state index contributed by atoms with van der Waals surface area (Å²) in [4.78, 5) is 14.2. The summed E-state index contributed by atoms with van der Waals surface area (Å²) in [6.45, 7) is 9.85. The van der Waals surface area contributed by atoms with Crippen molar-refractivity contribution < 1.29 is 4.79 Å². The van der Waals surface area contributed by atoms with Gasteiger partial charge in [-0.25, -0.2) is 0 Å². The van der Waals surface area contributed by atoms with Crippen LogP contribution in [0.1, 0.15) is 33.6 Å². The molecule has 114 valence electrons. The van der Waals surface area contributed by atoms with Gasteiger partial charge in [0.25, 0.3) is 0 Å². The van der Waals surface area contributed by atoms with E-state index in [1.54, 1.807) is 16.9 Å². The Hall–Kier alpha value is -1.56. The van der Waals surface area contributed by atoms with Crippen molar-refractivity contribution >= 4 is 11.7 Å². The second-order valence-electron chi connectivity index (χ2n) is 5.08. The molecule has 3 N–H and O–H groups in total. The van der Waals surface area contributed by atoms with Gasteiger partial charge in [0.2, 0.25) is 5.91 Å². The van der Waals surface area contributed by atoms with E-state index in [9.17, 15) is 4.79 Å². The van der Waals surface area contributed by atoms with Gasteiger partial charge in [0, 0.05) is 12.2 Å². The van der Waals surface area contributed by atoms with E-state index in [2.05, 4.69) is 29.2 Å². The van der Waals surface area contributed by atoms with Crippen LogP contribution in [0.5, 0.6) is 0 Å². The first-order valence-electron chi connectivity index (χ1n) is 7.35. The van der Waals surface area contributed by atoms with Gasteiger partial charge in [0.05, 0.1) is 0 Å². The number of carbonyl (C=O) groups excluding carboxylic acids is 1. The molecular formula is C14H27N5O. The Balaban J connectivity index is 2.21. The Morgan fingerprint density at radius 2 is 2.20 bits per heavy atom. The maximum Gasteiger partial charge on any atom is 0.241 e. The van der Waals surface area contributed by atoms with Crippen molar-refractivity contribution in [1.29, 1.82) is 0 Å². The molecule has 1 aromatic rings. The fourth-order valence-corrected chi connectivity index (χ4v) is 2.17. The number of amides is 1.